The van der Waals surface area contributed by atoms with Crippen molar-refractivity contribution in [3.05, 3.63) is 11.6 Å². The van der Waals surface area contributed by atoms with Gasteiger partial charge in [0, 0.05) is 11.3 Å². The Bertz CT molecular complexity index is 941. The van der Waals surface area contributed by atoms with Crippen molar-refractivity contribution in [3.8, 4) is 0 Å². The van der Waals surface area contributed by atoms with Gasteiger partial charge in [-0.05, 0) is 98.7 Å². The summed E-state index contributed by atoms with van der Waals surface area (Å²) in [5.41, 5.74) is -1.35. The summed E-state index contributed by atoms with van der Waals surface area (Å²) in [5.74, 6) is -0.356. The van der Waals surface area contributed by atoms with Crippen LogP contribution in [0.15, 0.2) is 11.6 Å². The average molecular weight is 489 g/mol. The minimum Gasteiger partial charge on any atom is -0.481 e. The molecular weight excluding hydrogens is 440 g/mol. The first kappa shape index (κ1) is 25.7. The summed E-state index contributed by atoms with van der Waals surface area (Å²) in [6, 6.07) is 0. The summed E-state index contributed by atoms with van der Waals surface area (Å²) < 4.78 is 0. The number of hydrogen-bond acceptors (Lipinski definition) is 4. The van der Waals surface area contributed by atoms with Crippen LogP contribution >= 0.6 is 0 Å². The summed E-state index contributed by atoms with van der Waals surface area (Å²) in [6.45, 7) is 13.3. The monoisotopic (exact) mass is 488 g/mol. The molecule has 5 heteroatoms. The number of fused-ring (bicyclic) bond motifs is 7. The zero-order valence-electron chi connectivity index (χ0n) is 22.7. The Labute approximate surface area is 211 Å². The fourth-order valence-corrected chi connectivity index (χ4v) is 10.9. The number of carbonyl (C=O) groups is 1. The largest absolute Gasteiger partial charge is 0.481 e. The molecule has 35 heavy (non-hydrogen) atoms. The van der Waals surface area contributed by atoms with E-state index in [0.717, 1.165) is 44.9 Å². The van der Waals surface area contributed by atoms with Crippen molar-refractivity contribution in [2.45, 2.75) is 111 Å². The van der Waals surface area contributed by atoms with Gasteiger partial charge in [-0.2, -0.15) is 0 Å². The quantitative estimate of drug-likeness (QED) is 0.402. The lowest BCUT2D eigenvalue weighted by atomic mass is 9.33. The number of aliphatic hydroxyl groups is 3. The Morgan fingerprint density at radius 2 is 1.66 bits per heavy atom. The number of rotatable bonds is 2. The standard InChI is InChI=1S/C30H48O5/c1-18-9-14-30(24(33)34)16-15-27(4)19(23(30)29(18,6)35)7-8-21-25(2)12-11-22(32)26(3,17-31)20(25)10-13-28(21,27)5/h7,18,20-23,31-32,35H,8-17H2,1-6H3,(H,33,34)/t18-,20-,21+,22+,23-,25+,26+,27-,28+,29+,30-/m1/s1. The molecule has 0 spiro atoms. The Hall–Kier alpha value is -0.910. The predicted octanol–water partition coefficient (Wildman–Crippen LogP) is 5.18. The number of hydrogen-bond donors (Lipinski definition) is 4. The molecule has 0 aromatic carbocycles. The maximum absolute atomic E-state index is 12.8. The molecule has 0 radical (unpaired) electrons. The van der Waals surface area contributed by atoms with Crippen LogP contribution in [-0.2, 0) is 4.79 Å². The van der Waals surface area contributed by atoms with Crippen LogP contribution in [0.3, 0.4) is 0 Å². The molecule has 0 saturated heterocycles. The Balaban J connectivity index is 1.64. The SMILES string of the molecule is C[C@@H]1CC[C@@]2(C(=O)O)CC[C@]3(C)C(=CC[C@H]4[C@@]5(C)CC[C@H](O)[C@@](C)(CO)[C@@H]5CC[C@@]43C)[C@@H]2[C@@]1(C)O. The topological polar surface area (TPSA) is 98.0 Å². The maximum atomic E-state index is 12.8. The second kappa shape index (κ2) is 7.57. The van der Waals surface area contributed by atoms with Crippen molar-refractivity contribution in [2.24, 2.45) is 50.7 Å². The molecule has 0 unspecified atom stereocenters. The summed E-state index contributed by atoms with van der Waals surface area (Å²) in [4.78, 5) is 12.8. The van der Waals surface area contributed by atoms with Crippen LogP contribution in [0.1, 0.15) is 99.3 Å². The average Bonchev–Trinajstić information content (AvgIpc) is 2.79. The third-order valence-corrected chi connectivity index (χ3v) is 13.6. The van der Waals surface area contributed by atoms with E-state index in [1.165, 1.54) is 5.57 Å². The summed E-state index contributed by atoms with van der Waals surface area (Å²) in [7, 11) is 0. The molecule has 0 heterocycles. The van der Waals surface area contributed by atoms with Gasteiger partial charge in [0.2, 0.25) is 0 Å². The zero-order chi connectivity index (χ0) is 25.8. The van der Waals surface area contributed by atoms with Crippen molar-refractivity contribution in [1.82, 2.24) is 0 Å². The van der Waals surface area contributed by atoms with Crippen molar-refractivity contribution < 1.29 is 25.2 Å². The molecule has 0 amide bonds. The van der Waals surface area contributed by atoms with Gasteiger partial charge >= 0.3 is 5.97 Å². The minimum absolute atomic E-state index is 0.0115. The van der Waals surface area contributed by atoms with Crippen LogP contribution in [0.4, 0.5) is 0 Å². The first-order valence-corrected chi connectivity index (χ1v) is 14.1. The molecule has 4 N–H and O–H groups in total. The van der Waals surface area contributed by atoms with Crippen LogP contribution in [0.5, 0.6) is 0 Å². The van der Waals surface area contributed by atoms with Crippen molar-refractivity contribution in [1.29, 1.82) is 0 Å². The molecule has 5 aliphatic carbocycles. The maximum Gasteiger partial charge on any atom is 0.310 e. The minimum atomic E-state index is -1.04. The highest BCUT2D eigenvalue weighted by atomic mass is 16.4. The van der Waals surface area contributed by atoms with Gasteiger partial charge in [-0.15, -0.1) is 0 Å². The molecule has 5 aliphatic rings. The zero-order valence-corrected chi connectivity index (χ0v) is 22.7. The smallest absolute Gasteiger partial charge is 0.310 e. The fourth-order valence-electron chi connectivity index (χ4n) is 10.9. The highest BCUT2D eigenvalue weighted by molar-refractivity contribution is 5.77. The Morgan fingerprint density at radius 3 is 2.29 bits per heavy atom. The predicted molar refractivity (Wildman–Crippen MR) is 135 cm³/mol. The van der Waals surface area contributed by atoms with E-state index in [0.29, 0.717) is 18.8 Å². The van der Waals surface area contributed by atoms with E-state index in [1.807, 2.05) is 6.92 Å². The molecule has 11 atom stereocenters. The van der Waals surface area contributed by atoms with Crippen molar-refractivity contribution in [2.75, 3.05) is 6.61 Å². The van der Waals surface area contributed by atoms with Gasteiger partial charge in [-0.25, -0.2) is 0 Å². The van der Waals surface area contributed by atoms with Gasteiger partial charge in [0.15, 0.2) is 0 Å². The van der Waals surface area contributed by atoms with E-state index < -0.39 is 28.5 Å². The number of aliphatic carboxylic acids is 1. The van der Waals surface area contributed by atoms with E-state index in [4.69, 9.17) is 0 Å². The van der Waals surface area contributed by atoms with Gasteiger partial charge in [-0.3, -0.25) is 4.79 Å². The van der Waals surface area contributed by atoms with E-state index in [1.54, 1.807) is 0 Å². The van der Waals surface area contributed by atoms with Gasteiger partial charge in [0.05, 0.1) is 23.7 Å². The van der Waals surface area contributed by atoms with E-state index >= 15 is 0 Å². The van der Waals surface area contributed by atoms with Crippen LogP contribution in [0.2, 0.25) is 0 Å². The fraction of sp³-hybridized carbons (Fsp3) is 0.900. The molecule has 5 nitrogen and oxygen atoms in total. The molecule has 0 bridgehead atoms. The second-order valence-corrected chi connectivity index (χ2v) is 14.6. The lowest BCUT2D eigenvalue weighted by molar-refractivity contribution is -0.225. The van der Waals surface area contributed by atoms with Crippen molar-refractivity contribution >= 4 is 5.97 Å². The number of carboxylic acids is 1. The normalized spacial score (nSPS) is 57.7. The summed E-state index contributed by atoms with van der Waals surface area (Å²) >= 11 is 0. The third kappa shape index (κ3) is 2.90. The number of aliphatic hydroxyl groups excluding tert-OH is 2. The van der Waals surface area contributed by atoms with Crippen LogP contribution in [0, 0.1) is 50.7 Å². The Morgan fingerprint density at radius 1 is 0.971 bits per heavy atom. The molecule has 5 rings (SSSR count). The van der Waals surface area contributed by atoms with Crippen molar-refractivity contribution in [3.63, 3.8) is 0 Å². The first-order chi connectivity index (χ1) is 16.1. The van der Waals surface area contributed by atoms with Gasteiger partial charge in [-0.1, -0.05) is 46.3 Å². The van der Waals surface area contributed by atoms with E-state index in [9.17, 15) is 25.2 Å². The first-order valence-electron chi connectivity index (χ1n) is 14.1. The van der Waals surface area contributed by atoms with E-state index in [-0.39, 0.29) is 40.6 Å². The van der Waals surface area contributed by atoms with Gasteiger partial charge < -0.3 is 20.4 Å². The summed E-state index contributed by atoms with van der Waals surface area (Å²) in [5, 5.41) is 43.8. The molecule has 4 fully saturated rings. The summed E-state index contributed by atoms with van der Waals surface area (Å²) in [6.07, 6.45) is 9.32. The molecule has 4 saturated carbocycles. The van der Waals surface area contributed by atoms with Crippen LogP contribution in [-0.4, -0.2) is 44.7 Å². The molecular formula is C30H48O5. The van der Waals surface area contributed by atoms with E-state index in [2.05, 4.69) is 40.7 Å². The lowest BCUT2D eigenvalue weighted by Gasteiger charge is -2.71. The lowest BCUT2D eigenvalue weighted by Crippen LogP contribution is -2.68. The van der Waals surface area contributed by atoms with Crippen LogP contribution in [0.25, 0.3) is 0 Å². The highest BCUT2D eigenvalue weighted by Gasteiger charge is 2.71. The highest BCUT2D eigenvalue weighted by Crippen LogP contribution is 2.76. The van der Waals surface area contributed by atoms with Gasteiger partial charge in [0.1, 0.15) is 0 Å². The number of allylic oxidation sites excluding steroid dienone is 1. The molecule has 0 aliphatic heterocycles. The molecule has 0 aromatic rings. The van der Waals surface area contributed by atoms with Crippen LogP contribution < -0.4 is 0 Å². The molecule has 0 aromatic heterocycles. The molecule has 198 valence electrons. The van der Waals surface area contributed by atoms with Gasteiger partial charge in [0.25, 0.3) is 0 Å². The third-order valence-electron chi connectivity index (χ3n) is 13.6. The Kier molecular flexibility index (Phi) is 5.56. The second-order valence-electron chi connectivity index (χ2n) is 14.6. The number of carboxylic acid groups (broad SMARTS) is 1.